The summed E-state index contributed by atoms with van der Waals surface area (Å²) in [5.74, 6) is 2.48. The number of terminal acetylenes is 1. The predicted octanol–water partition coefficient (Wildman–Crippen LogP) is -0.974. The zero-order valence-corrected chi connectivity index (χ0v) is 7.95. The number of rotatable bonds is 3. The second-order valence-electron chi connectivity index (χ2n) is 2.76. The fraction of sp³-hybridized carbons (Fsp3) is 0.333. The fourth-order valence-electron chi connectivity index (χ4n) is 1.01. The third-order valence-corrected chi connectivity index (χ3v) is 1.78. The van der Waals surface area contributed by atoms with Gasteiger partial charge in [0, 0.05) is 19.3 Å². The Morgan fingerprint density at radius 3 is 3.07 bits per heavy atom. The molecule has 1 aromatic rings. The molecule has 1 heterocycles. The average Bonchev–Trinajstić information content (AvgIpc) is 2.17. The maximum absolute atomic E-state index is 11.3. The van der Waals surface area contributed by atoms with E-state index >= 15 is 0 Å². The van der Waals surface area contributed by atoms with Gasteiger partial charge in [0.1, 0.15) is 5.82 Å². The van der Waals surface area contributed by atoms with E-state index in [1.165, 1.54) is 4.57 Å². The van der Waals surface area contributed by atoms with Crippen LogP contribution in [0.5, 0.6) is 0 Å². The zero-order chi connectivity index (χ0) is 10.6. The van der Waals surface area contributed by atoms with E-state index < -0.39 is 0 Å². The van der Waals surface area contributed by atoms with Crippen molar-refractivity contribution in [2.75, 3.05) is 19.3 Å². The minimum atomic E-state index is -0.378. The maximum atomic E-state index is 11.3. The number of nitrogen functional groups attached to an aromatic ring is 1. The van der Waals surface area contributed by atoms with Crippen molar-refractivity contribution in [1.29, 1.82) is 0 Å². The first-order valence-corrected chi connectivity index (χ1v) is 4.17. The van der Waals surface area contributed by atoms with E-state index in [2.05, 4.69) is 16.2 Å². The molecule has 14 heavy (non-hydrogen) atoms. The van der Waals surface area contributed by atoms with Gasteiger partial charge in [-0.1, -0.05) is 5.92 Å². The molecule has 0 atom stereocenters. The van der Waals surface area contributed by atoms with E-state index in [1.807, 2.05) is 0 Å². The van der Waals surface area contributed by atoms with Crippen LogP contribution in [0.4, 0.5) is 5.82 Å². The van der Waals surface area contributed by atoms with Crippen molar-refractivity contribution < 1.29 is 0 Å². The maximum Gasteiger partial charge on any atom is 0.349 e. The van der Waals surface area contributed by atoms with E-state index in [4.69, 9.17) is 12.2 Å². The first-order valence-electron chi connectivity index (χ1n) is 4.17. The number of hydrogen-bond donors (Lipinski definition) is 2. The van der Waals surface area contributed by atoms with Crippen molar-refractivity contribution in [3.05, 3.63) is 22.2 Å². The lowest BCUT2D eigenvalue weighted by Crippen LogP contribution is -2.28. The number of aromatic nitrogens is 2. The van der Waals surface area contributed by atoms with Crippen LogP contribution in [-0.4, -0.2) is 23.1 Å². The minimum absolute atomic E-state index is 0.109. The standard InChI is InChI=1S/C9H12N4O/c1-3-7-6-13(5-4-11-2)9(14)12-8(7)10/h1,6,11H,4-5H2,2H3,(H2,10,12,14). The van der Waals surface area contributed by atoms with Gasteiger partial charge in [-0.15, -0.1) is 6.42 Å². The van der Waals surface area contributed by atoms with Gasteiger partial charge in [0.2, 0.25) is 0 Å². The number of nitrogens with one attached hydrogen (secondary N) is 1. The summed E-state index contributed by atoms with van der Waals surface area (Å²) in [5.41, 5.74) is 5.51. The fourth-order valence-corrected chi connectivity index (χ4v) is 1.01. The van der Waals surface area contributed by atoms with Gasteiger partial charge in [0.15, 0.2) is 0 Å². The van der Waals surface area contributed by atoms with Crippen LogP contribution in [-0.2, 0) is 6.54 Å². The summed E-state index contributed by atoms with van der Waals surface area (Å²) in [4.78, 5) is 14.9. The Labute approximate surface area is 82.0 Å². The second-order valence-corrected chi connectivity index (χ2v) is 2.76. The summed E-state index contributed by atoms with van der Waals surface area (Å²) in [7, 11) is 1.80. The highest BCUT2D eigenvalue weighted by atomic mass is 16.1. The van der Waals surface area contributed by atoms with Crippen LogP contribution in [0.25, 0.3) is 0 Å². The second kappa shape index (κ2) is 4.44. The van der Waals surface area contributed by atoms with E-state index in [0.29, 0.717) is 18.7 Å². The molecule has 0 saturated heterocycles. The Bertz CT molecular complexity index is 416. The number of hydrogen-bond acceptors (Lipinski definition) is 4. The molecule has 1 rings (SSSR count). The van der Waals surface area contributed by atoms with Crippen molar-refractivity contribution in [3.8, 4) is 12.3 Å². The molecular formula is C9H12N4O. The summed E-state index contributed by atoms with van der Waals surface area (Å²) in [6, 6.07) is 0. The predicted molar refractivity (Wildman–Crippen MR) is 54.8 cm³/mol. The molecule has 3 N–H and O–H groups in total. The zero-order valence-electron chi connectivity index (χ0n) is 7.95. The minimum Gasteiger partial charge on any atom is -0.382 e. The molecule has 5 heteroatoms. The molecular weight excluding hydrogens is 180 g/mol. The Morgan fingerprint density at radius 1 is 1.79 bits per heavy atom. The molecule has 0 bridgehead atoms. The van der Waals surface area contributed by atoms with Crippen molar-refractivity contribution in [3.63, 3.8) is 0 Å². The number of likely N-dealkylation sites (N-methyl/N-ethyl adjacent to an activating group) is 1. The van der Waals surface area contributed by atoms with E-state index in [1.54, 1.807) is 13.2 Å². The van der Waals surface area contributed by atoms with Gasteiger partial charge >= 0.3 is 5.69 Å². The van der Waals surface area contributed by atoms with E-state index in [9.17, 15) is 4.79 Å². The third kappa shape index (κ3) is 2.12. The quantitative estimate of drug-likeness (QED) is 0.604. The third-order valence-electron chi connectivity index (χ3n) is 1.78. The lowest BCUT2D eigenvalue weighted by Gasteiger charge is -2.05. The van der Waals surface area contributed by atoms with Crippen LogP contribution in [0.2, 0.25) is 0 Å². The highest BCUT2D eigenvalue weighted by molar-refractivity contribution is 5.47. The van der Waals surface area contributed by atoms with Crippen LogP contribution >= 0.6 is 0 Å². The lowest BCUT2D eigenvalue weighted by molar-refractivity contribution is 0.612. The van der Waals surface area contributed by atoms with Gasteiger partial charge in [-0.05, 0) is 7.05 Å². The molecule has 0 aliphatic rings. The van der Waals surface area contributed by atoms with Gasteiger partial charge in [-0.2, -0.15) is 4.98 Å². The smallest absolute Gasteiger partial charge is 0.349 e. The Morgan fingerprint density at radius 2 is 2.50 bits per heavy atom. The molecule has 5 nitrogen and oxygen atoms in total. The Kier molecular flexibility index (Phi) is 3.26. The summed E-state index contributed by atoms with van der Waals surface area (Å²) in [5, 5.41) is 2.93. The first kappa shape index (κ1) is 10.3. The molecule has 1 aromatic heterocycles. The van der Waals surface area contributed by atoms with Crippen LogP contribution in [0, 0.1) is 12.3 Å². The molecule has 0 spiro atoms. The number of nitrogens with two attached hydrogens (primary N) is 1. The van der Waals surface area contributed by atoms with Crippen molar-refractivity contribution in [1.82, 2.24) is 14.9 Å². The first-order chi connectivity index (χ1) is 6.69. The van der Waals surface area contributed by atoms with Gasteiger partial charge in [-0.25, -0.2) is 4.79 Å². The normalized spacial score (nSPS) is 9.71. The van der Waals surface area contributed by atoms with Crippen molar-refractivity contribution >= 4 is 5.82 Å². The summed E-state index contributed by atoms with van der Waals surface area (Å²) < 4.78 is 1.43. The Hall–Kier alpha value is -1.80. The topological polar surface area (TPSA) is 72.9 Å². The highest BCUT2D eigenvalue weighted by Gasteiger charge is 2.02. The molecule has 74 valence electrons. The number of nitrogens with zero attached hydrogens (tertiary/aromatic N) is 2. The SMILES string of the molecule is C#Cc1cn(CCNC)c(=O)nc1N. The van der Waals surface area contributed by atoms with Gasteiger partial charge < -0.3 is 11.1 Å². The van der Waals surface area contributed by atoms with Gasteiger partial charge in [0.05, 0.1) is 5.56 Å². The van der Waals surface area contributed by atoms with Gasteiger partial charge in [-0.3, -0.25) is 4.57 Å². The molecule has 0 fully saturated rings. The average molecular weight is 192 g/mol. The van der Waals surface area contributed by atoms with Gasteiger partial charge in [0.25, 0.3) is 0 Å². The molecule has 0 aliphatic carbocycles. The monoisotopic (exact) mass is 192 g/mol. The number of anilines is 1. The highest BCUT2D eigenvalue weighted by Crippen LogP contribution is 2.01. The van der Waals surface area contributed by atoms with E-state index in [0.717, 1.165) is 0 Å². The van der Waals surface area contributed by atoms with Crippen LogP contribution in [0.3, 0.4) is 0 Å². The molecule has 0 saturated carbocycles. The largest absolute Gasteiger partial charge is 0.382 e. The summed E-state index contributed by atoms with van der Waals surface area (Å²) >= 11 is 0. The van der Waals surface area contributed by atoms with Crippen LogP contribution in [0.1, 0.15) is 5.56 Å². The van der Waals surface area contributed by atoms with E-state index in [-0.39, 0.29) is 11.5 Å². The summed E-state index contributed by atoms with van der Waals surface area (Å²) in [6.07, 6.45) is 6.74. The van der Waals surface area contributed by atoms with Crippen molar-refractivity contribution in [2.24, 2.45) is 0 Å². The Balaban J connectivity index is 3.07. The lowest BCUT2D eigenvalue weighted by atomic mass is 10.3. The van der Waals surface area contributed by atoms with Crippen LogP contribution in [0.15, 0.2) is 11.0 Å². The van der Waals surface area contributed by atoms with Crippen LogP contribution < -0.4 is 16.7 Å². The molecule has 0 unspecified atom stereocenters. The van der Waals surface area contributed by atoms with Crippen molar-refractivity contribution in [2.45, 2.75) is 6.54 Å². The molecule has 0 amide bonds. The summed E-state index contributed by atoms with van der Waals surface area (Å²) in [6.45, 7) is 1.20. The molecule has 0 radical (unpaired) electrons. The molecule has 0 aliphatic heterocycles. The molecule has 0 aromatic carbocycles.